The number of carbonyl (C=O) groups is 3. The van der Waals surface area contributed by atoms with Gasteiger partial charge in [-0.3, -0.25) is 14.4 Å². The zero-order chi connectivity index (χ0) is 102. The fourth-order valence-electron chi connectivity index (χ4n) is 16.7. The van der Waals surface area contributed by atoms with E-state index in [0.717, 1.165) is 103 Å². The first-order valence-corrected chi connectivity index (χ1v) is 51.8. The van der Waals surface area contributed by atoms with Gasteiger partial charge in [0.25, 0.3) is 0 Å². The van der Waals surface area contributed by atoms with Crippen molar-refractivity contribution in [1.82, 2.24) is 10.1 Å². The molecule has 9 aromatic rings. The van der Waals surface area contributed by atoms with Crippen LogP contribution in [0.3, 0.4) is 0 Å². The Morgan fingerprint density at radius 1 is 0.510 bits per heavy atom. The molecule has 1 saturated heterocycles. The second kappa shape index (κ2) is 52.5. The number of amides is 3. The summed E-state index contributed by atoms with van der Waals surface area (Å²) in [6.07, 6.45) is 6.23. The van der Waals surface area contributed by atoms with Gasteiger partial charge in [-0.2, -0.15) is 10.2 Å². The smallest absolute Gasteiger partial charge is 0.234 e. The molecule has 8 aromatic carbocycles. The van der Waals surface area contributed by atoms with Crippen molar-refractivity contribution >= 4 is 87.1 Å². The number of rotatable bonds is 14. The lowest BCUT2D eigenvalue weighted by molar-refractivity contribution is -0.122. The van der Waals surface area contributed by atoms with Crippen molar-refractivity contribution in [2.45, 2.75) is 266 Å². The van der Waals surface area contributed by atoms with Crippen molar-refractivity contribution in [3.63, 3.8) is 0 Å². The highest BCUT2D eigenvalue weighted by Gasteiger charge is 2.47. The van der Waals surface area contributed by atoms with Crippen molar-refractivity contribution in [3.05, 3.63) is 298 Å². The fourth-order valence-corrected chi connectivity index (χ4v) is 19.5. The number of anilines is 6. The number of nitriles is 1. The maximum absolute atomic E-state index is 11.6. The molecule has 10 aliphatic rings. The third kappa shape index (κ3) is 30.6. The number of para-hydroxylation sites is 1. The van der Waals surface area contributed by atoms with E-state index in [-0.39, 0.29) is 69.5 Å². The molecule has 768 valence electrons. The number of benzene rings is 8. The summed E-state index contributed by atoms with van der Waals surface area (Å²) in [5, 5.41) is 22.2. The standard InChI is InChI=1S/C14H16N2S.C14H19NO.C13H16N2O2.2C13H17NO2.C13H17NO.C13H17NS.C12H15NO.C11H13NOS.3CH4/c1-10(2)12-4-5-14-13(8-12)16(7-6-15)11(3)9-17-14;1-9(2)11-6-7-13-12(8-11)15-10(3)14(4,5)16-13;1-7(2)10-5-4-9(12-13(10)16-12)6-11-14-8(3)15-17-11;1-8(2)9-3-4-12-11(7-9)10(13(14)15)5-6-16-12;1-8(2)10-7-16-11-6-4-3-5-9(11)12(10)13(14)15;2*1-9(2)11-5-6-13-12(7-11)14(4)10(3)8-15-13;1-8(2)10-4-5-12-11(6-10)13-9(3)7-14-12;1-7(2)8-3-4-10-9(5-8)12-11(13)6-14-10;;;/h4-5,8,10H,3,7,9H2,1-2H3;6-9,15H,3H2,1-2,4-5H3;4-5,7,12-13H,6H2,1-3H3;3-4,7-8,10H,5-6H2,1-2H3,(H2,14,15);3-6,8,10,12H,7H2,1-2H3,(H2,14,15);2*5-7,9H,3,8H2,1-2,4H3;4-6,8,13H,3,7H2,1-2H3;3-5,7H,6H2,1-2H3,(H,12,13);3*1H4. The average molecular weight is 2000 g/mol. The van der Waals surface area contributed by atoms with Crippen LogP contribution in [-0.2, 0) is 25.5 Å². The zero-order valence-corrected chi connectivity index (χ0v) is 88.9. The van der Waals surface area contributed by atoms with Gasteiger partial charge in [0, 0.05) is 80.1 Å². The van der Waals surface area contributed by atoms with Gasteiger partial charge in [-0.1, -0.05) is 264 Å². The van der Waals surface area contributed by atoms with Crippen LogP contribution in [0, 0.1) is 36.0 Å². The zero-order valence-electron chi connectivity index (χ0n) is 86.4. The molecule has 3 amide bonds. The predicted octanol–water partition coefficient (Wildman–Crippen LogP) is 28.9. The molecule has 143 heavy (non-hydrogen) atoms. The van der Waals surface area contributed by atoms with Gasteiger partial charge in [0.2, 0.25) is 23.6 Å². The van der Waals surface area contributed by atoms with Gasteiger partial charge in [-0.05, 0) is 215 Å². The minimum atomic E-state index is -0.341. The molecule has 5 atom stereocenters. The summed E-state index contributed by atoms with van der Waals surface area (Å²) in [5.41, 5.74) is 35.9. The molecule has 10 heterocycles. The minimum Gasteiger partial charge on any atom is -0.493 e. The lowest BCUT2D eigenvalue weighted by Crippen LogP contribution is -2.37. The van der Waals surface area contributed by atoms with E-state index in [0.29, 0.717) is 123 Å². The molecule has 19 rings (SSSR count). The normalized spacial score (nSPS) is 17.8. The molecule has 1 aliphatic carbocycles. The van der Waals surface area contributed by atoms with E-state index in [4.69, 9.17) is 49.7 Å². The summed E-state index contributed by atoms with van der Waals surface area (Å²) in [7, 11) is 4.14. The largest absolute Gasteiger partial charge is 0.493 e. The molecule has 0 spiro atoms. The summed E-state index contributed by atoms with van der Waals surface area (Å²) in [6.45, 7) is 67.6. The van der Waals surface area contributed by atoms with Crippen LogP contribution in [0.5, 0.6) is 28.7 Å². The van der Waals surface area contributed by atoms with Crippen LogP contribution in [0.4, 0.5) is 34.1 Å². The number of nitrogens with one attached hydrogen (secondary N) is 3. The van der Waals surface area contributed by atoms with Crippen molar-refractivity contribution in [3.8, 4) is 34.8 Å². The van der Waals surface area contributed by atoms with Crippen LogP contribution < -0.4 is 65.8 Å². The summed E-state index contributed by atoms with van der Waals surface area (Å²) < 4.78 is 39.1. The van der Waals surface area contributed by atoms with Gasteiger partial charge < -0.3 is 75.1 Å². The Hall–Kier alpha value is -12.0. The third-order valence-corrected chi connectivity index (χ3v) is 29.4. The van der Waals surface area contributed by atoms with E-state index in [1.807, 2.05) is 99.1 Å². The van der Waals surface area contributed by atoms with Gasteiger partial charge in [0.15, 0.2) is 5.82 Å². The van der Waals surface area contributed by atoms with E-state index >= 15 is 0 Å². The lowest BCUT2D eigenvalue weighted by Gasteiger charge is -2.35. The highest BCUT2D eigenvalue weighted by Crippen LogP contribution is 2.47. The summed E-state index contributed by atoms with van der Waals surface area (Å²) in [6, 6.07) is 54.4. The first-order valence-electron chi connectivity index (χ1n) is 48.9. The Bertz CT molecular complexity index is 5920. The molecule has 5 unspecified atom stereocenters. The van der Waals surface area contributed by atoms with Crippen molar-refractivity contribution in [1.29, 1.82) is 5.26 Å². The topological polar surface area (TPSA) is 270 Å². The fraction of sp³-hybridized carbons (Fsp3) is 0.429. The molecule has 7 N–H and O–H groups in total. The number of aryl methyl sites for hydroxylation is 1. The Balaban J connectivity index is 0.000000196. The van der Waals surface area contributed by atoms with E-state index in [9.17, 15) is 14.4 Å². The molecule has 0 radical (unpaired) electrons. The van der Waals surface area contributed by atoms with E-state index in [2.05, 4.69) is 316 Å². The SMILES string of the molecule is C.C.C.C=C1COc2ccc(C(C)C)cc2N1.C=C1COc2ccc(C(C)C)cc2N1C.C=C1CSc2ccc(C(C)C)cc2N1C.C=C1CSc2ccc(C(C)C)cc2N1CC#N.C=C1Nc2cc(C(C)C)ccc2OC1(C)C.CC(C)C1COc2ccccc2C1C(N)=O.CC(C)c1ccc2c(c1)C(C(N)=O)CCO2.CC(C)c1ccc2c(c1)NC(=O)CS2.Cc1noc(CC2=CC=C(C(C)C)C3OC23)n1. The molecule has 0 saturated carbocycles. The van der Waals surface area contributed by atoms with Crippen LogP contribution in [0.2, 0.25) is 0 Å². The summed E-state index contributed by atoms with van der Waals surface area (Å²) in [4.78, 5) is 48.5. The number of allylic oxidation sites excluding steroid dienone is 2. The number of nitrogens with two attached hydrogens (primary N) is 2. The predicted molar refractivity (Wildman–Crippen MR) is 600 cm³/mol. The second-order valence-electron chi connectivity index (χ2n) is 40.0. The maximum atomic E-state index is 11.6. The highest BCUT2D eigenvalue weighted by atomic mass is 32.2. The minimum absolute atomic E-state index is 0. The molecule has 0 bridgehead atoms. The van der Waals surface area contributed by atoms with Gasteiger partial charge in [0.05, 0.1) is 83.1 Å². The number of hydrogen-bond acceptors (Lipinski definition) is 21. The molecular weight excluding hydrogens is 1840 g/mol. The number of aromatic nitrogens is 2. The molecule has 1 fully saturated rings. The second-order valence-corrected chi connectivity index (χ2v) is 43.1. The lowest BCUT2D eigenvalue weighted by atomic mass is 9.77. The number of epoxide rings is 1. The number of primary amides is 2. The number of likely N-dealkylation sites (N-methyl/N-ethyl adjacent to an activating group) is 1. The van der Waals surface area contributed by atoms with Crippen molar-refractivity contribution < 1.29 is 47.3 Å². The van der Waals surface area contributed by atoms with Crippen LogP contribution in [-0.4, -0.2) is 110 Å². The van der Waals surface area contributed by atoms with E-state index < -0.39 is 0 Å². The van der Waals surface area contributed by atoms with E-state index in [1.165, 1.54) is 76.2 Å². The van der Waals surface area contributed by atoms with Crippen molar-refractivity contribution in [2.24, 2.45) is 29.2 Å². The first kappa shape index (κ1) is 116. The van der Waals surface area contributed by atoms with Gasteiger partial charge in [-0.15, -0.1) is 35.3 Å². The molecular formula is C119H159N11O10S3. The Morgan fingerprint density at radius 2 is 1.00 bits per heavy atom. The number of ether oxygens (including phenoxy) is 6. The number of fused-ring (bicyclic) bond motifs is 9. The summed E-state index contributed by atoms with van der Waals surface area (Å²) in [5.74, 6) is 12.1. The Morgan fingerprint density at radius 3 is 1.56 bits per heavy atom. The molecule has 24 heteroatoms. The highest BCUT2D eigenvalue weighted by molar-refractivity contribution is 8.00. The van der Waals surface area contributed by atoms with E-state index in [1.54, 1.807) is 23.5 Å². The van der Waals surface area contributed by atoms with Crippen molar-refractivity contribution in [2.75, 3.05) is 95.0 Å². The number of carbonyl (C=O) groups excluding carboxylic acids is 3. The molecule has 1 aromatic heterocycles. The van der Waals surface area contributed by atoms with Gasteiger partial charge >= 0.3 is 0 Å². The van der Waals surface area contributed by atoms with Crippen LogP contribution >= 0.6 is 35.3 Å². The Kier molecular flexibility index (Phi) is 42.7. The molecule has 9 aliphatic heterocycles. The number of thioether (sulfide) groups is 3. The van der Waals surface area contributed by atoms with Crippen LogP contribution in [0.1, 0.15) is 282 Å². The third-order valence-electron chi connectivity index (χ3n) is 26.1. The molecule has 21 nitrogen and oxygen atoms in total. The quantitative estimate of drug-likeness (QED) is 0.0500. The van der Waals surface area contributed by atoms with Crippen LogP contribution in [0.25, 0.3) is 0 Å². The van der Waals surface area contributed by atoms with Gasteiger partial charge in [0.1, 0.15) is 66.3 Å². The van der Waals surface area contributed by atoms with Crippen LogP contribution in [0.15, 0.2) is 256 Å². The summed E-state index contributed by atoms with van der Waals surface area (Å²) >= 11 is 5.28. The average Bonchev–Trinajstić information content (AvgIpc) is 1.61. The first-order chi connectivity index (χ1) is 66.4. The monoisotopic (exact) mass is 2000 g/mol. The number of nitrogens with zero attached hydrogens (tertiary/aromatic N) is 6. The van der Waals surface area contributed by atoms with Gasteiger partial charge in [-0.25, -0.2) is 0 Å². The number of hydrogen-bond donors (Lipinski definition) is 5. The maximum Gasteiger partial charge on any atom is 0.234 e. The Labute approximate surface area is 867 Å².